The van der Waals surface area contributed by atoms with Gasteiger partial charge in [-0.15, -0.1) is 23.5 Å². The van der Waals surface area contributed by atoms with Crippen molar-refractivity contribution in [1.29, 1.82) is 0 Å². The standard InChI is InChI=1S/C16H22S2/c1-2-6-14(7-3-1)15-8-10-16(11-9-15)17-12-4-5-13-18-16/h1-3,6-7,15H,4-5,8-13H2. The van der Waals surface area contributed by atoms with E-state index in [9.17, 15) is 0 Å². The Hall–Kier alpha value is -0.0800. The molecule has 18 heavy (non-hydrogen) atoms. The van der Waals surface area contributed by atoms with Crippen LogP contribution in [0.15, 0.2) is 30.3 Å². The molecule has 1 saturated heterocycles. The summed E-state index contributed by atoms with van der Waals surface area (Å²) in [6.45, 7) is 0. The average Bonchev–Trinajstić information content (AvgIpc) is 2.67. The van der Waals surface area contributed by atoms with Gasteiger partial charge in [-0.3, -0.25) is 0 Å². The molecule has 0 bridgehead atoms. The van der Waals surface area contributed by atoms with Gasteiger partial charge >= 0.3 is 0 Å². The van der Waals surface area contributed by atoms with Gasteiger partial charge in [0.25, 0.3) is 0 Å². The Kier molecular flexibility index (Phi) is 4.25. The quantitative estimate of drug-likeness (QED) is 0.683. The van der Waals surface area contributed by atoms with Crippen LogP contribution in [-0.4, -0.2) is 15.6 Å². The molecule has 0 amide bonds. The lowest BCUT2D eigenvalue weighted by molar-refractivity contribution is 0.434. The Morgan fingerprint density at radius 3 is 2.11 bits per heavy atom. The Bertz CT molecular complexity index is 356. The van der Waals surface area contributed by atoms with Crippen molar-refractivity contribution in [2.24, 2.45) is 0 Å². The number of thioether (sulfide) groups is 2. The topological polar surface area (TPSA) is 0 Å². The van der Waals surface area contributed by atoms with Crippen molar-refractivity contribution in [3.63, 3.8) is 0 Å². The van der Waals surface area contributed by atoms with Crippen molar-refractivity contribution in [3.05, 3.63) is 35.9 Å². The Morgan fingerprint density at radius 2 is 1.50 bits per heavy atom. The van der Waals surface area contributed by atoms with Crippen molar-refractivity contribution in [1.82, 2.24) is 0 Å². The van der Waals surface area contributed by atoms with E-state index in [4.69, 9.17) is 0 Å². The fourth-order valence-electron chi connectivity index (χ4n) is 3.17. The maximum absolute atomic E-state index is 2.32. The number of hydrogen-bond donors (Lipinski definition) is 0. The Labute approximate surface area is 119 Å². The van der Waals surface area contributed by atoms with Gasteiger partial charge in [0.2, 0.25) is 0 Å². The molecule has 3 rings (SSSR count). The highest BCUT2D eigenvalue weighted by Crippen LogP contribution is 2.53. The van der Waals surface area contributed by atoms with Gasteiger partial charge < -0.3 is 0 Å². The molecule has 1 aliphatic carbocycles. The average molecular weight is 278 g/mol. The fourth-order valence-corrected chi connectivity index (χ4v) is 6.49. The van der Waals surface area contributed by atoms with Crippen molar-refractivity contribution in [2.45, 2.75) is 48.5 Å². The first-order valence-corrected chi connectivity index (χ1v) is 9.18. The summed E-state index contributed by atoms with van der Waals surface area (Å²) in [5.41, 5.74) is 1.57. The minimum absolute atomic E-state index is 0.585. The summed E-state index contributed by atoms with van der Waals surface area (Å²) in [6.07, 6.45) is 8.49. The van der Waals surface area contributed by atoms with Gasteiger partial charge in [-0.05, 0) is 61.5 Å². The summed E-state index contributed by atoms with van der Waals surface area (Å²) in [5.74, 6) is 3.60. The zero-order chi connectivity index (χ0) is 12.3. The minimum Gasteiger partial charge on any atom is -0.144 e. The van der Waals surface area contributed by atoms with Crippen LogP contribution >= 0.6 is 23.5 Å². The van der Waals surface area contributed by atoms with E-state index in [0.717, 1.165) is 5.92 Å². The van der Waals surface area contributed by atoms with Crippen LogP contribution in [0.3, 0.4) is 0 Å². The van der Waals surface area contributed by atoms with Gasteiger partial charge in [-0.1, -0.05) is 30.3 Å². The van der Waals surface area contributed by atoms with E-state index in [1.54, 1.807) is 5.56 Å². The molecule has 0 nitrogen and oxygen atoms in total. The largest absolute Gasteiger partial charge is 0.144 e. The highest BCUT2D eigenvalue weighted by molar-refractivity contribution is 8.18. The Morgan fingerprint density at radius 1 is 0.889 bits per heavy atom. The van der Waals surface area contributed by atoms with Crippen LogP contribution in [0.25, 0.3) is 0 Å². The van der Waals surface area contributed by atoms with Gasteiger partial charge in [0.05, 0.1) is 4.08 Å². The van der Waals surface area contributed by atoms with Crippen molar-refractivity contribution in [3.8, 4) is 0 Å². The molecule has 1 saturated carbocycles. The van der Waals surface area contributed by atoms with Crippen LogP contribution in [0.4, 0.5) is 0 Å². The van der Waals surface area contributed by atoms with Crippen molar-refractivity contribution >= 4 is 23.5 Å². The van der Waals surface area contributed by atoms with Crippen LogP contribution in [0.2, 0.25) is 0 Å². The van der Waals surface area contributed by atoms with Crippen LogP contribution in [0.1, 0.15) is 50.0 Å². The summed E-state index contributed by atoms with van der Waals surface area (Å²) in [7, 11) is 0. The molecule has 1 spiro atoms. The summed E-state index contributed by atoms with van der Waals surface area (Å²) < 4.78 is 0.585. The van der Waals surface area contributed by atoms with Gasteiger partial charge in [0, 0.05) is 0 Å². The highest BCUT2D eigenvalue weighted by Gasteiger charge is 2.37. The lowest BCUT2D eigenvalue weighted by Gasteiger charge is -2.38. The van der Waals surface area contributed by atoms with Crippen molar-refractivity contribution in [2.75, 3.05) is 11.5 Å². The molecule has 1 aromatic carbocycles. The third kappa shape index (κ3) is 2.91. The minimum atomic E-state index is 0.585. The molecular weight excluding hydrogens is 256 g/mol. The maximum Gasteiger partial charge on any atom is 0.0611 e. The molecule has 2 heteroatoms. The second-order valence-electron chi connectivity index (χ2n) is 5.50. The van der Waals surface area contributed by atoms with Gasteiger partial charge in [-0.2, -0.15) is 0 Å². The number of benzene rings is 1. The number of hydrogen-bond acceptors (Lipinski definition) is 2. The molecule has 0 radical (unpaired) electrons. The van der Waals surface area contributed by atoms with Gasteiger partial charge in [0.15, 0.2) is 0 Å². The molecular formula is C16H22S2. The molecule has 2 aliphatic rings. The molecule has 1 aromatic rings. The third-order valence-corrected chi connectivity index (χ3v) is 7.85. The van der Waals surface area contributed by atoms with E-state index in [2.05, 4.69) is 53.9 Å². The lowest BCUT2D eigenvalue weighted by atomic mass is 9.83. The first-order valence-electron chi connectivity index (χ1n) is 7.21. The second-order valence-corrected chi connectivity index (χ2v) is 8.71. The molecule has 1 aliphatic heterocycles. The van der Waals surface area contributed by atoms with Crippen LogP contribution < -0.4 is 0 Å². The summed E-state index contributed by atoms with van der Waals surface area (Å²) >= 11 is 4.54. The smallest absolute Gasteiger partial charge is 0.0611 e. The molecule has 0 N–H and O–H groups in total. The van der Waals surface area contributed by atoms with Gasteiger partial charge in [-0.25, -0.2) is 0 Å². The first kappa shape index (κ1) is 12.9. The molecule has 0 unspecified atom stereocenters. The maximum atomic E-state index is 2.32. The first-order chi connectivity index (χ1) is 8.88. The van der Waals surface area contributed by atoms with E-state index in [1.165, 1.54) is 50.0 Å². The SMILES string of the molecule is c1ccc(C2CCC3(CC2)SCCCCS3)cc1. The van der Waals surface area contributed by atoms with Crippen LogP contribution in [0.5, 0.6) is 0 Å². The summed E-state index contributed by atoms with van der Waals surface area (Å²) in [4.78, 5) is 0. The van der Waals surface area contributed by atoms with Crippen molar-refractivity contribution < 1.29 is 0 Å². The molecule has 0 aromatic heterocycles. The second kappa shape index (κ2) is 5.92. The Balaban J connectivity index is 1.63. The predicted molar refractivity (Wildman–Crippen MR) is 84.5 cm³/mol. The molecule has 98 valence electrons. The van der Waals surface area contributed by atoms with E-state index in [1.807, 2.05) is 0 Å². The zero-order valence-electron chi connectivity index (χ0n) is 10.9. The van der Waals surface area contributed by atoms with E-state index < -0.39 is 0 Å². The third-order valence-electron chi connectivity index (χ3n) is 4.29. The zero-order valence-corrected chi connectivity index (χ0v) is 12.6. The summed E-state index contributed by atoms with van der Waals surface area (Å²) in [5, 5.41) is 0. The lowest BCUT2D eigenvalue weighted by Crippen LogP contribution is -2.27. The number of rotatable bonds is 1. The van der Waals surface area contributed by atoms with E-state index in [0.29, 0.717) is 4.08 Å². The highest BCUT2D eigenvalue weighted by atomic mass is 32.2. The van der Waals surface area contributed by atoms with Crippen LogP contribution in [-0.2, 0) is 0 Å². The summed E-state index contributed by atoms with van der Waals surface area (Å²) in [6, 6.07) is 11.1. The van der Waals surface area contributed by atoms with E-state index >= 15 is 0 Å². The normalized spacial score (nSPS) is 24.9. The van der Waals surface area contributed by atoms with Gasteiger partial charge in [0.1, 0.15) is 0 Å². The predicted octanol–water partition coefficient (Wildman–Crippen LogP) is 5.30. The molecule has 2 fully saturated rings. The van der Waals surface area contributed by atoms with E-state index in [-0.39, 0.29) is 0 Å². The molecule has 0 atom stereocenters. The monoisotopic (exact) mass is 278 g/mol. The molecule has 1 heterocycles. The van der Waals surface area contributed by atoms with Crippen LogP contribution in [0, 0.1) is 0 Å². The fraction of sp³-hybridized carbons (Fsp3) is 0.625.